The fourth-order valence-electron chi connectivity index (χ4n) is 6.22. The van der Waals surface area contributed by atoms with Gasteiger partial charge in [0.2, 0.25) is 0 Å². The van der Waals surface area contributed by atoms with Gasteiger partial charge < -0.3 is 25.2 Å². The minimum atomic E-state index is -4.73. The van der Waals surface area contributed by atoms with E-state index in [1.807, 2.05) is 6.08 Å². The first-order valence-electron chi connectivity index (χ1n) is 23.0. The lowest BCUT2D eigenvalue weighted by molar-refractivity contribution is -0.161. The Labute approximate surface area is 353 Å². The molecule has 3 atom stereocenters. The lowest BCUT2D eigenvalue weighted by atomic mass is 10.1. The Balaban J connectivity index is 4.39. The Morgan fingerprint density at radius 1 is 0.534 bits per heavy atom. The van der Waals surface area contributed by atoms with Crippen LogP contribution in [0.2, 0.25) is 0 Å². The van der Waals surface area contributed by atoms with Crippen LogP contribution in [0.15, 0.2) is 36.5 Å². The zero-order valence-electron chi connectivity index (χ0n) is 36.6. The number of carboxylic acids is 1. The molecule has 0 fully saturated rings. The molecule has 0 radical (unpaired) electrons. The van der Waals surface area contributed by atoms with Crippen LogP contribution in [0, 0.1) is 0 Å². The van der Waals surface area contributed by atoms with Crippen molar-refractivity contribution in [2.75, 3.05) is 19.8 Å². The molecule has 4 N–H and O–H groups in total. The first-order chi connectivity index (χ1) is 28.1. The molecule has 0 aromatic heterocycles. The van der Waals surface area contributed by atoms with Gasteiger partial charge in [-0.05, 0) is 64.2 Å². The number of carboxylic acid groups (broad SMARTS) is 1. The highest BCUT2D eigenvalue weighted by Gasteiger charge is 2.28. The van der Waals surface area contributed by atoms with Crippen molar-refractivity contribution >= 4 is 25.7 Å². The van der Waals surface area contributed by atoms with Crippen LogP contribution in [0.1, 0.15) is 206 Å². The Kier molecular flexibility index (Phi) is 39.8. The first kappa shape index (κ1) is 55.7. The summed E-state index contributed by atoms with van der Waals surface area (Å²) >= 11 is 0. The summed E-state index contributed by atoms with van der Waals surface area (Å²) < 4.78 is 32.7. The van der Waals surface area contributed by atoms with Crippen LogP contribution < -0.4 is 5.73 Å². The molecule has 0 amide bonds. The van der Waals surface area contributed by atoms with Gasteiger partial charge in [0.1, 0.15) is 12.6 Å². The highest BCUT2D eigenvalue weighted by Crippen LogP contribution is 2.43. The van der Waals surface area contributed by atoms with E-state index in [4.69, 9.17) is 24.8 Å². The van der Waals surface area contributed by atoms with Gasteiger partial charge in [0.15, 0.2) is 6.10 Å². The minimum Gasteiger partial charge on any atom is -0.480 e. The van der Waals surface area contributed by atoms with E-state index in [0.717, 1.165) is 44.9 Å². The second kappa shape index (κ2) is 41.4. The van der Waals surface area contributed by atoms with Crippen LogP contribution in [-0.4, -0.2) is 59.9 Å². The van der Waals surface area contributed by atoms with Crippen molar-refractivity contribution in [3.63, 3.8) is 0 Å². The average molecular weight is 842 g/mol. The molecule has 0 aromatic rings. The number of aliphatic carboxylic acids is 1. The molecule has 1 unspecified atom stereocenters. The summed E-state index contributed by atoms with van der Waals surface area (Å²) in [4.78, 5) is 46.0. The van der Waals surface area contributed by atoms with Crippen LogP contribution in [-0.2, 0) is 37.5 Å². The predicted molar refractivity (Wildman–Crippen MR) is 235 cm³/mol. The molecule has 0 aliphatic rings. The number of rotatable bonds is 43. The smallest absolute Gasteiger partial charge is 0.472 e. The number of nitrogens with two attached hydrogens (primary N) is 1. The van der Waals surface area contributed by atoms with Crippen molar-refractivity contribution in [1.82, 2.24) is 0 Å². The van der Waals surface area contributed by atoms with Crippen molar-refractivity contribution in [2.45, 2.75) is 219 Å². The monoisotopic (exact) mass is 842 g/mol. The molecule has 0 aliphatic carbocycles. The topological polar surface area (TPSA) is 172 Å². The molecule has 0 saturated heterocycles. The van der Waals surface area contributed by atoms with E-state index in [2.05, 4.69) is 48.8 Å². The van der Waals surface area contributed by atoms with Gasteiger partial charge in [-0.2, -0.15) is 0 Å². The molecule has 0 aromatic carbocycles. The van der Waals surface area contributed by atoms with Gasteiger partial charge in [-0.1, -0.05) is 166 Å². The van der Waals surface area contributed by atoms with Crippen molar-refractivity contribution in [1.29, 1.82) is 0 Å². The fourth-order valence-corrected chi connectivity index (χ4v) is 7.00. The summed E-state index contributed by atoms with van der Waals surface area (Å²) in [7, 11) is -4.73. The van der Waals surface area contributed by atoms with E-state index in [1.165, 1.54) is 116 Å². The number of phosphoric acid groups is 1. The number of allylic oxidation sites excluding steroid dienone is 6. The summed E-state index contributed by atoms with van der Waals surface area (Å²) in [5.74, 6) is -2.44. The van der Waals surface area contributed by atoms with E-state index in [-0.39, 0.29) is 19.4 Å². The second-order valence-electron chi connectivity index (χ2n) is 15.5. The molecule has 0 heterocycles. The van der Waals surface area contributed by atoms with Crippen LogP contribution in [0.5, 0.6) is 0 Å². The molecule has 12 heteroatoms. The highest BCUT2D eigenvalue weighted by molar-refractivity contribution is 7.47. The lowest BCUT2D eigenvalue weighted by Gasteiger charge is -2.20. The molecule has 0 aliphatic heterocycles. The number of carbonyl (C=O) groups is 3. The van der Waals surface area contributed by atoms with Gasteiger partial charge >= 0.3 is 25.7 Å². The third kappa shape index (κ3) is 40.5. The largest absolute Gasteiger partial charge is 0.480 e. The molecular formula is C46H84NO10P. The number of esters is 2. The quantitative estimate of drug-likeness (QED) is 0.0231. The number of ether oxygens (including phenoxy) is 2. The maximum atomic E-state index is 12.6. The number of hydrogen-bond donors (Lipinski definition) is 3. The molecule has 0 spiro atoms. The fraction of sp³-hybridized carbons (Fsp3) is 0.804. The predicted octanol–water partition coefficient (Wildman–Crippen LogP) is 12.4. The Morgan fingerprint density at radius 3 is 1.41 bits per heavy atom. The van der Waals surface area contributed by atoms with E-state index in [0.29, 0.717) is 19.3 Å². The summed E-state index contributed by atoms with van der Waals surface area (Å²) in [5, 5.41) is 8.89. The van der Waals surface area contributed by atoms with E-state index in [9.17, 15) is 23.8 Å². The van der Waals surface area contributed by atoms with Gasteiger partial charge in [-0.25, -0.2) is 4.57 Å². The average Bonchev–Trinajstić information content (AvgIpc) is 3.20. The summed E-state index contributed by atoms with van der Waals surface area (Å²) in [5.41, 5.74) is 5.33. The number of unbranched alkanes of at least 4 members (excludes halogenated alkanes) is 23. The Bertz CT molecular complexity index is 1130. The van der Waals surface area contributed by atoms with Crippen LogP contribution in [0.25, 0.3) is 0 Å². The third-order valence-corrected chi connectivity index (χ3v) is 10.8. The van der Waals surface area contributed by atoms with Gasteiger partial charge in [0.05, 0.1) is 13.2 Å². The zero-order chi connectivity index (χ0) is 42.8. The molecule has 58 heavy (non-hydrogen) atoms. The van der Waals surface area contributed by atoms with E-state index >= 15 is 0 Å². The first-order valence-corrected chi connectivity index (χ1v) is 24.5. The maximum Gasteiger partial charge on any atom is 0.472 e. The molecule has 11 nitrogen and oxygen atoms in total. The number of hydrogen-bond acceptors (Lipinski definition) is 9. The summed E-state index contributed by atoms with van der Waals surface area (Å²) in [6.45, 7) is 2.77. The minimum absolute atomic E-state index is 0.148. The van der Waals surface area contributed by atoms with Crippen molar-refractivity contribution in [3.8, 4) is 0 Å². The van der Waals surface area contributed by atoms with Crippen LogP contribution >= 0.6 is 7.82 Å². The van der Waals surface area contributed by atoms with E-state index < -0.39 is 51.1 Å². The Hall–Kier alpha value is -2.30. The molecule has 0 rings (SSSR count). The second-order valence-corrected chi connectivity index (χ2v) is 17.0. The third-order valence-electron chi connectivity index (χ3n) is 9.86. The SMILES string of the molecule is CCCCCCCC/C=C/CCCCCCCCCC(=O)O[C@H](COC(=O)CCC/C=C/C/C=C/CCCCCCCCCCC)COP(=O)(O)OC[C@H](N)C(=O)O. The van der Waals surface area contributed by atoms with Crippen LogP contribution in [0.4, 0.5) is 0 Å². The van der Waals surface area contributed by atoms with Crippen molar-refractivity contribution < 1.29 is 47.5 Å². The maximum absolute atomic E-state index is 12.6. The van der Waals surface area contributed by atoms with Gasteiger partial charge in [0.25, 0.3) is 0 Å². The number of carbonyl (C=O) groups excluding carboxylic acids is 2. The molecule has 0 bridgehead atoms. The Morgan fingerprint density at radius 2 is 0.931 bits per heavy atom. The molecular weight excluding hydrogens is 757 g/mol. The lowest BCUT2D eigenvalue weighted by Crippen LogP contribution is -2.34. The summed E-state index contributed by atoms with van der Waals surface area (Å²) in [6, 6.07) is -1.53. The normalized spacial score (nSPS) is 14.0. The van der Waals surface area contributed by atoms with Crippen molar-refractivity contribution in [2.24, 2.45) is 5.73 Å². The van der Waals surface area contributed by atoms with Crippen molar-refractivity contribution in [3.05, 3.63) is 36.5 Å². The van der Waals surface area contributed by atoms with Crippen LogP contribution in [0.3, 0.4) is 0 Å². The number of phosphoric ester groups is 1. The van der Waals surface area contributed by atoms with E-state index in [1.54, 1.807) is 0 Å². The standard InChI is InChI=1S/C46H84NO10P/c1-3-5-7-9-11-13-15-17-19-21-23-25-27-29-31-33-35-37-44(48)54-39-42(40-55-58(52,53)56-41-43(47)46(50)51)57-45(49)38-36-34-32-30-28-26-24-22-20-18-16-14-12-10-8-6-4-2/h18,20,23,25,29,31,42-43H,3-17,19,21-22,24,26-28,30,32-41,47H2,1-2H3,(H,50,51)(H,52,53)/b20-18+,25-23+,31-29+/t42-,43+/m1/s1. The van der Waals surface area contributed by atoms with Gasteiger partial charge in [0, 0.05) is 12.8 Å². The highest BCUT2D eigenvalue weighted by atomic mass is 31.2. The van der Waals surface area contributed by atoms with Gasteiger partial charge in [-0.3, -0.25) is 23.4 Å². The molecule has 0 saturated carbocycles. The summed E-state index contributed by atoms with van der Waals surface area (Å²) in [6.07, 6.45) is 45.0. The van der Waals surface area contributed by atoms with Gasteiger partial charge in [-0.15, -0.1) is 0 Å². The zero-order valence-corrected chi connectivity index (χ0v) is 37.5. The molecule has 338 valence electrons.